The van der Waals surface area contributed by atoms with Gasteiger partial charge in [-0.15, -0.1) is 11.3 Å². The van der Waals surface area contributed by atoms with Gasteiger partial charge in [0.1, 0.15) is 0 Å². The van der Waals surface area contributed by atoms with Crippen molar-refractivity contribution in [2.24, 2.45) is 0 Å². The molecule has 0 aliphatic carbocycles. The molecule has 5 heteroatoms. The molecule has 2 N–H and O–H groups in total. The molecule has 0 unspecified atom stereocenters. The zero-order valence-corrected chi connectivity index (χ0v) is 14.4. The molecule has 0 spiro atoms. The Kier molecular flexibility index (Phi) is 5.26. The SMILES string of the molecule is C=CC(=O)NCc1ccc(C(=O)NCc2csc3ccccc23)cc1. The van der Waals surface area contributed by atoms with E-state index in [-0.39, 0.29) is 11.8 Å². The van der Waals surface area contributed by atoms with E-state index in [1.807, 2.05) is 24.3 Å². The first-order chi connectivity index (χ1) is 12.2. The van der Waals surface area contributed by atoms with E-state index in [2.05, 4.69) is 34.7 Å². The fourth-order valence-electron chi connectivity index (χ4n) is 2.48. The number of thiophene rings is 1. The minimum atomic E-state index is -0.218. The van der Waals surface area contributed by atoms with Crippen LogP contribution in [0, 0.1) is 0 Å². The van der Waals surface area contributed by atoms with Gasteiger partial charge in [-0.05, 0) is 46.2 Å². The van der Waals surface area contributed by atoms with Crippen molar-refractivity contribution in [1.29, 1.82) is 0 Å². The first-order valence-corrected chi connectivity index (χ1v) is 8.78. The van der Waals surface area contributed by atoms with Crippen molar-refractivity contribution in [2.45, 2.75) is 13.1 Å². The molecular formula is C20H18N2O2S. The molecule has 0 radical (unpaired) electrons. The van der Waals surface area contributed by atoms with Crippen molar-refractivity contribution in [3.8, 4) is 0 Å². The highest BCUT2D eigenvalue weighted by Gasteiger charge is 2.08. The molecule has 126 valence electrons. The van der Waals surface area contributed by atoms with E-state index in [9.17, 15) is 9.59 Å². The van der Waals surface area contributed by atoms with Gasteiger partial charge in [0.05, 0.1) is 0 Å². The summed E-state index contributed by atoms with van der Waals surface area (Å²) in [5.74, 6) is -0.332. The summed E-state index contributed by atoms with van der Waals surface area (Å²) in [5.41, 5.74) is 2.65. The van der Waals surface area contributed by atoms with Gasteiger partial charge in [0.15, 0.2) is 0 Å². The van der Waals surface area contributed by atoms with Crippen LogP contribution in [0.3, 0.4) is 0 Å². The number of rotatable bonds is 6. The molecule has 2 amide bonds. The predicted octanol–water partition coefficient (Wildman–Crippen LogP) is 3.63. The summed E-state index contributed by atoms with van der Waals surface area (Å²) < 4.78 is 1.22. The van der Waals surface area contributed by atoms with E-state index in [1.165, 1.54) is 16.2 Å². The molecule has 0 atom stereocenters. The highest BCUT2D eigenvalue weighted by Crippen LogP contribution is 2.25. The van der Waals surface area contributed by atoms with E-state index < -0.39 is 0 Å². The lowest BCUT2D eigenvalue weighted by molar-refractivity contribution is -0.116. The predicted molar refractivity (Wildman–Crippen MR) is 101 cm³/mol. The van der Waals surface area contributed by atoms with Gasteiger partial charge in [0.2, 0.25) is 5.91 Å². The number of carbonyl (C=O) groups excluding carboxylic acids is 2. The molecule has 1 aromatic heterocycles. The maximum Gasteiger partial charge on any atom is 0.251 e. The van der Waals surface area contributed by atoms with E-state index in [1.54, 1.807) is 23.5 Å². The largest absolute Gasteiger partial charge is 0.348 e. The van der Waals surface area contributed by atoms with Crippen molar-refractivity contribution >= 4 is 33.2 Å². The normalized spacial score (nSPS) is 10.4. The van der Waals surface area contributed by atoms with Crippen molar-refractivity contribution in [2.75, 3.05) is 0 Å². The molecule has 3 rings (SSSR count). The monoisotopic (exact) mass is 350 g/mol. The molecule has 0 fully saturated rings. The Bertz CT molecular complexity index is 913. The molecule has 2 aromatic carbocycles. The lowest BCUT2D eigenvalue weighted by Crippen LogP contribution is -2.23. The molecule has 4 nitrogen and oxygen atoms in total. The van der Waals surface area contributed by atoms with Gasteiger partial charge in [-0.1, -0.05) is 36.9 Å². The number of carbonyl (C=O) groups is 2. The molecule has 0 saturated heterocycles. The molecular weight excluding hydrogens is 332 g/mol. The minimum Gasteiger partial charge on any atom is -0.348 e. The van der Waals surface area contributed by atoms with Crippen LogP contribution in [-0.2, 0) is 17.9 Å². The first-order valence-electron chi connectivity index (χ1n) is 7.90. The Morgan fingerprint density at radius 1 is 1.00 bits per heavy atom. The van der Waals surface area contributed by atoms with Crippen molar-refractivity contribution < 1.29 is 9.59 Å². The standard InChI is InChI=1S/C20H18N2O2S/c1-2-19(23)21-11-14-7-9-15(10-8-14)20(24)22-12-16-13-25-18-6-4-3-5-17(16)18/h2-10,13H,1,11-12H2,(H,21,23)(H,22,24). The first kappa shape index (κ1) is 16.9. The molecule has 0 bridgehead atoms. The number of amides is 2. The number of nitrogens with one attached hydrogen (secondary N) is 2. The van der Waals surface area contributed by atoms with Gasteiger partial charge in [0, 0.05) is 23.4 Å². The van der Waals surface area contributed by atoms with Gasteiger partial charge in [-0.2, -0.15) is 0 Å². The van der Waals surface area contributed by atoms with Gasteiger partial charge in [0.25, 0.3) is 5.91 Å². The third kappa shape index (κ3) is 4.14. The van der Waals surface area contributed by atoms with Crippen molar-refractivity contribution in [3.05, 3.63) is 83.3 Å². The minimum absolute atomic E-state index is 0.114. The summed E-state index contributed by atoms with van der Waals surface area (Å²) >= 11 is 1.68. The summed E-state index contributed by atoms with van der Waals surface area (Å²) in [6, 6.07) is 15.3. The number of fused-ring (bicyclic) bond motifs is 1. The fourth-order valence-corrected chi connectivity index (χ4v) is 3.45. The topological polar surface area (TPSA) is 58.2 Å². The van der Waals surface area contributed by atoms with Crippen molar-refractivity contribution in [3.63, 3.8) is 0 Å². The van der Waals surface area contributed by atoms with E-state index >= 15 is 0 Å². The van der Waals surface area contributed by atoms with E-state index in [0.717, 1.165) is 11.1 Å². The number of hydrogen-bond donors (Lipinski definition) is 2. The van der Waals surface area contributed by atoms with Gasteiger partial charge >= 0.3 is 0 Å². The van der Waals surface area contributed by atoms with Crippen LogP contribution in [0.4, 0.5) is 0 Å². The van der Waals surface area contributed by atoms with E-state index in [4.69, 9.17) is 0 Å². The van der Waals surface area contributed by atoms with Crippen LogP contribution in [0.2, 0.25) is 0 Å². The third-order valence-corrected chi connectivity index (χ3v) is 4.88. The number of benzene rings is 2. The second-order valence-corrected chi connectivity index (χ2v) is 6.47. The highest BCUT2D eigenvalue weighted by atomic mass is 32.1. The summed E-state index contributed by atoms with van der Waals surface area (Å²) in [6.07, 6.45) is 1.23. The van der Waals surface area contributed by atoms with Gasteiger partial charge < -0.3 is 10.6 Å². The average Bonchev–Trinajstić information content (AvgIpc) is 3.07. The zero-order chi connectivity index (χ0) is 17.6. The Morgan fingerprint density at radius 2 is 1.76 bits per heavy atom. The molecule has 3 aromatic rings. The molecule has 1 heterocycles. The molecule has 0 aliphatic rings. The Balaban J connectivity index is 1.59. The van der Waals surface area contributed by atoms with Crippen LogP contribution < -0.4 is 10.6 Å². The highest BCUT2D eigenvalue weighted by molar-refractivity contribution is 7.17. The second-order valence-electron chi connectivity index (χ2n) is 5.56. The average molecular weight is 350 g/mol. The Labute approximate surface area is 150 Å². The Morgan fingerprint density at radius 3 is 2.52 bits per heavy atom. The van der Waals surface area contributed by atoms with Crippen LogP contribution in [-0.4, -0.2) is 11.8 Å². The summed E-state index contributed by atoms with van der Waals surface area (Å²) in [5, 5.41) is 8.92. The number of hydrogen-bond acceptors (Lipinski definition) is 3. The van der Waals surface area contributed by atoms with Crippen LogP contribution in [0.1, 0.15) is 21.5 Å². The van der Waals surface area contributed by atoms with Crippen LogP contribution in [0.5, 0.6) is 0 Å². The van der Waals surface area contributed by atoms with Gasteiger partial charge in [-0.3, -0.25) is 9.59 Å². The third-order valence-electron chi connectivity index (χ3n) is 3.87. The molecule has 25 heavy (non-hydrogen) atoms. The maximum atomic E-state index is 12.3. The summed E-state index contributed by atoms with van der Waals surface area (Å²) in [4.78, 5) is 23.5. The van der Waals surface area contributed by atoms with Gasteiger partial charge in [-0.25, -0.2) is 0 Å². The lowest BCUT2D eigenvalue weighted by atomic mass is 10.1. The van der Waals surface area contributed by atoms with Crippen LogP contribution in [0.15, 0.2) is 66.6 Å². The molecule has 0 aliphatic heterocycles. The van der Waals surface area contributed by atoms with Crippen molar-refractivity contribution in [1.82, 2.24) is 10.6 Å². The maximum absolute atomic E-state index is 12.3. The fraction of sp³-hybridized carbons (Fsp3) is 0.100. The summed E-state index contributed by atoms with van der Waals surface area (Å²) in [7, 11) is 0. The molecule has 0 saturated carbocycles. The lowest BCUT2D eigenvalue weighted by Gasteiger charge is -2.07. The summed E-state index contributed by atoms with van der Waals surface area (Å²) in [6.45, 7) is 4.32. The van der Waals surface area contributed by atoms with Crippen LogP contribution in [0.25, 0.3) is 10.1 Å². The Hall–Kier alpha value is -2.92. The smallest absolute Gasteiger partial charge is 0.251 e. The zero-order valence-electron chi connectivity index (χ0n) is 13.6. The quantitative estimate of drug-likeness (QED) is 0.667. The second kappa shape index (κ2) is 7.77. The van der Waals surface area contributed by atoms with E-state index in [0.29, 0.717) is 18.7 Å². The van der Waals surface area contributed by atoms with Crippen LogP contribution >= 0.6 is 11.3 Å².